The maximum Gasteiger partial charge on any atom is 0.115 e. The van der Waals surface area contributed by atoms with Gasteiger partial charge in [0.05, 0.1) is 0 Å². The second-order valence-corrected chi connectivity index (χ2v) is 6.59. The largest absolute Gasteiger partial charge is 0.508 e. The zero-order chi connectivity index (χ0) is 13.5. The van der Waals surface area contributed by atoms with Gasteiger partial charge in [-0.25, -0.2) is 0 Å². The Labute approximate surface area is 116 Å². The Morgan fingerprint density at radius 2 is 2.11 bits per heavy atom. The van der Waals surface area contributed by atoms with Crippen molar-refractivity contribution in [2.75, 3.05) is 7.05 Å². The lowest BCUT2D eigenvalue weighted by Gasteiger charge is -2.49. The Morgan fingerprint density at radius 1 is 1.26 bits per heavy atom. The number of rotatable bonds is 1. The van der Waals surface area contributed by atoms with Gasteiger partial charge in [-0.05, 0) is 55.5 Å². The highest BCUT2D eigenvalue weighted by Crippen LogP contribution is 2.47. The average molecular weight is 259 g/mol. The summed E-state index contributed by atoms with van der Waals surface area (Å²) in [5.41, 5.74) is 3.01. The van der Waals surface area contributed by atoms with E-state index in [-0.39, 0.29) is 5.41 Å². The van der Waals surface area contributed by atoms with Crippen LogP contribution in [0.5, 0.6) is 5.75 Å². The molecule has 1 saturated carbocycles. The number of phenolic OH excluding ortho intramolecular Hbond substituents is 1. The normalized spacial score (nSPS) is 34.2. The highest BCUT2D eigenvalue weighted by molar-refractivity contribution is 5.44. The van der Waals surface area contributed by atoms with E-state index in [0.29, 0.717) is 11.8 Å². The number of phenols is 1. The Kier molecular flexibility index (Phi) is 3.30. The summed E-state index contributed by atoms with van der Waals surface area (Å²) in [6, 6.07) is 6.55. The Balaban J connectivity index is 2.12. The summed E-state index contributed by atoms with van der Waals surface area (Å²) < 4.78 is 0. The van der Waals surface area contributed by atoms with Crippen molar-refractivity contribution in [2.45, 2.75) is 56.9 Å². The first-order valence-electron chi connectivity index (χ1n) is 7.65. The van der Waals surface area contributed by atoms with E-state index in [1.807, 2.05) is 12.1 Å². The number of likely N-dealkylation sites (N-methyl/N-ethyl adjacent to an activating group) is 1. The van der Waals surface area contributed by atoms with Crippen LogP contribution in [-0.2, 0) is 11.8 Å². The third kappa shape index (κ3) is 2.06. The molecular formula is C17H25NO. The molecule has 2 aliphatic rings. The highest BCUT2D eigenvalue weighted by atomic mass is 16.3. The Morgan fingerprint density at radius 3 is 2.89 bits per heavy atom. The molecule has 3 atom stereocenters. The zero-order valence-corrected chi connectivity index (χ0v) is 12.1. The number of aromatic hydroxyl groups is 1. The highest BCUT2D eigenvalue weighted by Gasteiger charge is 2.44. The lowest BCUT2D eigenvalue weighted by atomic mass is 9.59. The molecule has 0 aromatic heterocycles. The number of fused-ring (bicyclic) bond motifs is 4. The summed E-state index contributed by atoms with van der Waals surface area (Å²) in [4.78, 5) is 0. The zero-order valence-electron chi connectivity index (χ0n) is 12.1. The van der Waals surface area contributed by atoms with Crippen LogP contribution >= 0.6 is 0 Å². The second-order valence-electron chi connectivity index (χ2n) is 6.59. The quantitative estimate of drug-likeness (QED) is 0.810. The third-order valence-electron chi connectivity index (χ3n) is 5.43. The summed E-state index contributed by atoms with van der Waals surface area (Å²) in [6.07, 6.45) is 7.75. The van der Waals surface area contributed by atoms with Crippen LogP contribution in [-0.4, -0.2) is 18.2 Å². The van der Waals surface area contributed by atoms with Crippen molar-refractivity contribution in [1.82, 2.24) is 5.32 Å². The summed E-state index contributed by atoms with van der Waals surface area (Å²) >= 11 is 0. The van der Waals surface area contributed by atoms with Crippen molar-refractivity contribution in [2.24, 2.45) is 5.92 Å². The Bertz CT molecular complexity index is 470. The first-order chi connectivity index (χ1) is 9.15. The van der Waals surface area contributed by atoms with Gasteiger partial charge in [-0.1, -0.05) is 32.3 Å². The first-order valence-corrected chi connectivity index (χ1v) is 7.65. The fourth-order valence-corrected chi connectivity index (χ4v) is 4.55. The molecular weight excluding hydrogens is 234 g/mol. The van der Waals surface area contributed by atoms with E-state index < -0.39 is 0 Å². The molecule has 1 aromatic carbocycles. The van der Waals surface area contributed by atoms with Gasteiger partial charge in [-0.2, -0.15) is 0 Å². The van der Waals surface area contributed by atoms with Crippen LogP contribution < -0.4 is 5.32 Å². The van der Waals surface area contributed by atoms with E-state index in [4.69, 9.17) is 0 Å². The van der Waals surface area contributed by atoms with Crippen LogP contribution in [0, 0.1) is 5.92 Å². The summed E-state index contributed by atoms with van der Waals surface area (Å²) in [5.74, 6) is 1.16. The van der Waals surface area contributed by atoms with Crippen LogP contribution in [0.4, 0.5) is 0 Å². The summed E-state index contributed by atoms with van der Waals surface area (Å²) in [7, 11) is 2.10. The van der Waals surface area contributed by atoms with E-state index in [1.165, 1.54) is 43.2 Å². The van der Waals surface area contributed by atoms with E-state index in [9.17, 15) is 5.11 Å². The molecule has 3 rings (SSSR count). The van der Waals surface area contributed by atoms with Crippen LogP contribution in [0.3, 0.4) is 0 Å². The minimum absolute atomic E-state index is 0.173. The molecule has 0 heterocycles. The number of nitrogens with one attached hydrogen (secondary N) is 1. The number of hydrogen-bond donors (Lipinski definition) is 2. The van der Waals surface area contributed by atoms with Crippen LogP contribution in [0.1, 0.15) is 50.2 Å². The number of benzene rings is 1. The molecule has 0 spiro atoms. The maximum absolute atomic E-state index is 9.86. The first kappa shape index (κ1) is 13.0. The second kappa shape index (κ2) is 4.82. The van der Waals surface area contributed by atoms with Crippen LogP contribution in [0.15, 0.2) is 18.2 Å². The molecule has 0 saturated heterocycles. The van der Waals surface area contributed by atoms with Crippen molar-refractivity contribution >= 4 is 0 Å². The molecule has 1 aromatic rings. The molecule has 19 heavy (non-hydrogen) atoms. The van der Waals surface area contributed by atoms with Gasteiger partial charge >= 0.3 is 0 Å². The number of hydrogen-bond acceptors (Lipinski definition) is 2. The Hall–Kier alpha value is -1.02. The molecule has 0 amide bonds. The van der Waals surface area contributed by atoms with E-state index in [2.05, 4.69) is 25.4 Å². The van der Waals surface area contributed by atoms with Crippen molar-refractivity contribution in [3.8, 4) is 5.75 Å². The molecule has 0 radical (unpaired) electrons. The maximum atomic E-state index is 9.86. The van der Waals surface area contributed by atoms with Gasteiger partial charge < -0.3 is 10.4 Å². The smallest absolute Gasteiger partial charge is 0.115 e. The third-order valence-corrected chi connectivity index (χ3v) is 5.43. The molecule has 2 bridgehead atoms. The van der Waals surface area contributed by atoms with E-state index in [1.54, 1.807) is 0 Å². The molecule has 1 fully saturated rings. The summed E-state index contributed by atoms with van der Waals surface area (Å²) in [5, 5.41) is 13.5. The van der Waals surface area contributed by atoms with Gasteiger partial charge in [0.1, 0.15) is 5.75 Å². The van der Waals surface area contributed by atoms with Gasteiger partial charge in [-0.3, -0.25) is 0 Å². The van der Waals surface area contributed by atoms with Crippen LogP contribution in [0.25, 0.3) is 0 Å². The average Bonchev–Trinajstić information content (AvgIpc) is 2.38. The molecule has 2 N–H and O–H groups in total. The molecule has 2 aliphatic carbocycles. The molecule has 0 unspecified atom stereocenters. The van der Waals surface area contributed by atoms with E-state index in [0.717, 1.165) is 12.3 Å². The van der Waals surface area contributed by atoms with Crippen molar-refractivity contribution in [3.05, 3.63) is 29.3 Å². The lowest BCUT2D eigenvalue weighted by molar-refractivity contribution is 0.174. The van der Waals surface area contributed by atoms with Crippen molar-refractivity contribution in [1.29, 1.82) is 0 Å². The molecule has 104 valence electrons. The fraction of sp³-hybridized carbons (Fsp3) is 0.647. The monoisotopic (exact) mass is 259 g/mol. The van der Waals surface area contributed by atoms with Gasteiger partial charge in [0, 0.05) is 11.5 Å². The predicted molar refractivity (Wildman–Crippen MR) is 78.6 cm³/mol. The minimum Gasteiger partial charge on any atom is -0.508 e. The lowest BCUT2D eigenvalue weighted by Crippen LogP contribution is -2.54. The van der Waals surface area contributed by atoms with Gasteiger partial charge in [0.15, 0.2) is 0 Å². The topological polar surface area (TPSA) is 32.3 Å². The molecule has 0 aliphatic heterocycles. The minimum atomic E-state index is 0.173. The van der Waals surface area contributed by atoms with Crippen LogP contribution in [0.2, 0.25) is 0 Å². The predicted octanol–water partition coefficient (Wildman–Crippen LogP) is 3.37. The van der Waals surface area contributed by atoms with Gasteiger partial charge in [-0.15, -0.1) is 0 Å². The van der Waals surface area contributed by atoms with Crippen molar-refractivity contribution in [3.63, 3.8) is 0 Å². The van der Waals surface area contributed by atoms with E-state index >= 15 is 0 Å². The summed E-state index contributed by atoms with van der Waals surface area (Å²) in [6.45, 7) is 2.39. The SMILES string of the molecule is CN[C@H]1[C@H]2CCCCC[C@]1(C)c1cc(O)ccc1C2. The van der Waals surface area contributed by atoms with Crippen molar-refractivity contribution < 1.29 is 5.11 Å². The van der Waals surface area contributed by atoms with Gasteiger partial charge in [0.25, 0.3) is 0 Å². The standard InChI is InChI=1S/C17H25NO/c1-17-9-5-3-4-6-13(16(17)18-2)10-12-7-8-14(19)11-15(12)17/h7-8,11,13,16,18-19H,3-6,9-10H2,1-2H3/t13-,16-,17+/m0/s1. The molecule has 2 nitrogen and oxygen atoms in total. The molecule has 2 heteroatoms. The fourth-order valence-electron chi connectivity index (χ4n) is 4.55. The van der Waals surface area contributed by atoms with Gasteiger partial charge in [0.2, 0.25) is 0 Å².